The van der Waals surface area contributed by atoms with E-state index in [1.54, 1.807) is 0 Å². The summed E-state index contributed by atoms with van der Waals surface area (Å²) in [5, 5.41) is 14.6. The summed E-state index contributed by atoms with van der Waals surface area (Å²) >= 11 is 6.29. The molecule has 4 aliphatic rings. The van der Waals surface area contributed by atoms with Gasteiger partial charge in [0.2, 0.25) is 0 Å². The molecular formula is C41H51ClN2O5. The van der Waals surface area contributed by atoms with E-state index >= 15 is 0 Å². The summed E-state index contributed by atoms with van der Waals surface area (Å²) in [6.07, 6.45) is 12.0. The number of nitrogens with zero attached hydrogens (tertiary/aromatic N) is 1. The highest BCUT2D eigenvalue weighted by molar-refractivity contribution is 6.30. The van der Waals surface area contributed by atoms with Crippen LogP contribution in [0, 0.1) is 17.8 Å². The van der Waals surface area contributed by atoms with Crippen molar-refractivity contribution in [2.75, 3.05) is 25.1 Å². The van der Waals surface area contributed by atoms with Crippen LogP contribution in [0.15, 0.2) is 48.7 Å². The average Bonchev–Trinajstić information content (AvgIpc) is 3.21. The molecule has 49 heavy (non-hydrogen) atoms. The number of carbonyl (C=O) groups is 1. The maximum absolute atomic E-state index is 13.0. The number of hydrogen-bond acceptors (Lipinski definition) is 6. The summed E-state index contributed by atoms with van der Waals surface area (Å²) in [5.41, 5.74) is 4.64. The summed E-state index contributed by atoms with van der Waals surface area (Å²) in [4.78, 5) is 17.7. The Morgan fingerprint density at radius 3 is 2.63 bits per heavy atom. The van der Waals surface area contributed by atoms with Gasteiger partial charge >= 0.3 is 5.97 Å². The van der Waals surface area contributed by atoms with Crippen molar-refractivity contribution in [2.45, 2.75) is 108 Å². The molecule has 2 N–H and O–H groups in total. The van der Waals surface area contributed by atoms with Crippen molar-refractivity contribution in [3.05, 3.63) is 76.1 Å². The number of anilines is 1. The molecular weight excluding hydrogens is 636 g/mol. The second-order valence-corrected chi connectivity index (χ2v) is 15.9. The van der Waals surface area contributed by atoms with Gasteiger partial charge in [0.05, 0.1) is 19.8 Å². The van der Waals surface area contributed by atoms with E-state index in [2.05, 4.69) is 43.2 Å². The van der Waals surface area contributed by atoms with Crippen LogP contribution in [0.1, 0.15) is 107 Å². The molecule has 0 saturated heterocycles. The van der Waals surface area contributed by atoms with Crippen molar-refractivity contribution in [1.29, 1.82) is 0 Å². The van der Waals surface area contributed by atoms with E-state index in [0.717, 1.165) is 67.9 Å². The number of nitrogens with one attached hydrogen (secondary N) is 1. The third-order valence-corrected chi connectivity index (χ3v) is 12.2. The molecule has 8 heteroatoms. The first-order valence-electron chi connectivity index (χ1n) is 18.5. The van der Waals surface area contributed by atoms with Crippen LogP contribution in [-0.4, -0.2) is 41.4 Å². The number of fused-ring (bicyclic) bond motifs is 4. The number of carboxylic acid groups (broad SMARTS) is 1. The first kappa shape index (κ1) is 34.0. The van der Waals surface area contributed by atoms with Crippen LogP contribution >= 0.6 is 11.6 Å². The Labute approximate surface area is 296 Å². The first-order chi connectivity index (χ1) is 23.7. The van der Waals surface area contributed by atoms with Gasteiger partial charge in [-0.3, -0.25) is 4.98 Å². The maximum atomic E-state index is 13.0. The number of carboxylic acids is 1. The van der Waals surface area contributed by atoms with Crippen LogP contribution in [0.4, 0.5) is 5.69 Å². The standard InChI is InChI=1S/C41H51ClN2O5/c1-4-7-28-24-48-36-20-29-19-30(18-26(2)23-47-35-12-17-43-34-11-5-8-27(3)38(34)35)40(33(29)22-37(36)49-25-28)13-15-41(16-14-40,39(45)46)44-32-10-6-9-31(42)21-32/h6,9-10,12,17,20-22,26-28,30,44H,4-5,7-8,11,13-16,18-19,23-25H2,1-3H3,(H,45,46)/t26-,27-,28?,30+,40?,41?/m1/s1. The minimum absolute atomic E-state index is 0.156. The Balaban J connectivity index is 1.15. The topological polar surface area (TPSA) is 89.9 Å². The number of pyridine rings is 1. The smallest absolute Gasteiger partial charge is 0.329 e. The van der Waals surface area contributed by atoms with Gasteiger partial charge in [0.1, 0.15) is 11.3 Å². The third kappa shape index (κ3) is 6.72. The number of benzene rings is 2. The van der Waals surface area contributed by atoms with Crippen LogP contribution in [-0.2, 0) is 23.1 Å². The van der Waals surface area contributed by atoms with Gasteiger partial charge in [0.25, 0.3) is 0 Å². The molecule has 1 spiro atoms. The molecule has 1 aliphatic heterocycles. The largest absolute Gasteiger partial charge is 0.493 e. The number of aromatic nitrogens is 1. The molecule has 1 aromatic heterocycles. The van der Waals surface area contributed by atoms with Gasteiger partial charge in [0, 0.05) is 34.1 Å². The minimum atomic E-state index is -1.06. The third-order valence-electron chi connectivity index (χ3n) is 12.0. The number of aryl methyl sites for hydroxylation is 1. The molecule has 4 atom stereocenters. The molecule has 3 aliphatic carbocycles. The van der Waals surface area contributed by atoms with Crippen LogP contribution in [0.2, 0.25) is 5.02 Å². The lowest BCUT2D eigenvalue weighted by atomic mass is 9.59. The van der Waals surface area contributed by atoms with E-state index in [4.69, 9.17) is 25.8 Å². The maximum Gasteiger partial charge on any atom is 0.329 e. The second-order valence-electron chi connectivity index (χ2n) is 15.4. The minimum Gasteiger partial charge on any atom is -0.493 e. The zero-order valence-corrected chi connectivity index (χ0v) is 30.0. The normalized spacial score (nSPS) is 27.9. The Bertz CT molecular complexity index is 1670. The lowest BCUT2D eigenvalue weighted by Crippen LogP contribution is -2.53. The summed E-state index contributed by atoms with van der Waals surface area (Å²) < 4.78 is 19.4. The Morgan fingerprint density at radius 1 is 1.12 bits per heavy atom. The van der Waals surface area contributed by atoms with Gasteiger partial charge in [-0.15, -0.1) is 0 Å². The second kappa shape index (κ2) is 14.0. The van der Waals surface area contributed by atoms with E-state index < -0.39 is 11.5 Å². The van der Waals surface area contributed by atoms with Crippen molar-refractivity contribution >= 4 is 23.3 Å². The molecule has 7 nitrogen and oxygen atoms in total. The van der Waals surface area contributed by atoms with Gasteiger partial charge in [0.15, 0.2) is 11.5 Å². The van der Waals surface area contributed by atoms with Crippen molar-refractivity contribution in [2.24, 2.45) is 17.8 Å². The Morgan fingerprint density at radius 2 is 1.90 bits per heavy atom. The number of halogens is 1. The lowest BCUT2D eigenvalue weighted by Gasteiger charge is -2.47. The fraction of sp³-hybridized carbons (Fsp3) is 0.561. The fourth-order valence-electron chi connectivity index (χ4n) is 9.38. The van der Waals surface area contributed by atoms with Gasteiger partial charge < -0.3 is 24.6 Å². The molecule has 2 aromatic carbocycles. The van der Waals surface area contributed by atoms with Gasteiger partial charge in [-0.05, 0) is 135 Å². The fourth-order valence-corrected chi connectivity index (χ4v) is 9.57. The first-order valence-corrected chi connectivity index (χ1v) is 18.9. The van der Waals surface area contributed by atoms with Crippen LogP contribution < -0.4 is 19.5 Å². The number of rotatable bonds is 10. The molecule has 1 fully saturated rings. The van der Waals surface area contributed by atoms with Crippen molar-refractivity contribution in [3.63, 3.8) is 0 Å². The SMILES string of the molecule is CCCC1COc2cc3c(cc2OC1)C1(CCC(Nc2cccc(Cl)c2)(C(=O)O)CC1)[C@@H](C[C@@H](C)COc1ccnc2c1[C@H](C)CCC2)C3. The predicted molar refractivity (Wildman–Crippen MR) is 193 cm³/mol. The molecule has 2 heterocycles. The summed E-state index contributed by atoms with van der Waals surface area (Å²) in [6, 6.07) is 13.9. The quantitative estimate of drug-likeness (QED) is 0.220. The number of ether oxygens (including phenoxy) is 3. The summed E-state index contributed by atoms with van der Waals surface area (Å²) in [5.74, 6) is 3.37. The molecule has 3 aromatic rings. The highest BCUT2D eigenvalue weighted by atomic mass is 35.5. The van der Waals surface area contributed by atoms with Crippen molar-refractivity contribution in [1.82, 2.24) is 4.98 Å². The van der Waals surface area contributed by atoms with Crippen LogP contribution in [0.3, 0.4) is 0 Å². The zero-order chi connectivity index (χ0) is 34.2. The Hall–Kier alpha value is -3.45. The molecule has 7 rings (SSSR count). The number of aliphatic carboxylic acids is 1. The predicted octanol–water partition coefficient (Wildman–Crippen LogP) is 9.39. The molecule has 0 amide bonds. The monoisotopic (exact) mass is 686 g/mol. The zero-order valence-electron chi connectivity index (χ0n) is 29.2. The van der Waals surface area contributed by atoms with E-state index in [0.29, 0.717) is 61.4 Å². The van der Waals surface area contributed by atoms with E-state index in [9.17, 15) is 9.90 Å². The van der Waals surface area contributed by atoms with Gasteiger partial charge in [-0.25, -0.2) is 4.79 Å². The van der Waals surface area contributed by atoms with Crippen molar-refractivity contribution in [3.8, 4) is 17.2 Å². The molecule has 0 radical (unpaired) electrons. The molecule has 0 bridgehead atoms. The number of hydrogen-bond donors (Lipinski definition) is 2. The van der Waals surface area contributed by atoms with Crippen molar-refractivity contribution < 1.29 is 24.1 Å². The lowest BCUT2D eigenvalue weighted by molar-refractivity contribution is -0.144. The molecule has 262 valence electrons. The Kier molecular flexibility index (Phi) is 9.75. The van der Waals surface area contributed by atoms with Gasteiger partial charge in [-0.1, -0.05) is 44.9 Å². The highest BCUT2D eigenvalue weighted by Crippen LogP contribution is 2.58. The van der Waals surface area contributed by atoms with E-state index in [1.165, 1.54) is 35.2 Å². The van der Waals surface area contributed by atoms with Crippen LogP contribution in [0.25, 0.3) is 0 Å². The molecule has 1 unspecified atom stereocenters. The summed E-state index contributed by atoms with van der Waals surface area (Å²) in [6.45, 7) is 8.77. The molecule has 1 saturated carbocycles. The van der Waals surface area contributed by atoms with E-state index in [-0.39, 0.29) is 5.41 Å². The van der Waals surface area contributed by atoms with Gasteiger partial charge in [-0.2, -0.15) is 0 Å². The summed E-state index contributed by atoms with van der Waals surface area (Å²) in [7, 11) is 0. The van der Waals surface area contributed by atoms with E-state index in [1.807, 2.05) is 36.5 Å². The highest BCUT2D eigenvalue weighted by Gasteiger charge is 2.54. The van der Waals surface area contributed by atoms with Crippen LogP contribution in [0.5, 0.6) is 17.2 Å². The average molecular weight is 687 g/mol.